The number of unbranched alkanes of at least 4 members (excludes halogenated alkanes) is 29. The summed E-state index contributed by atoms with van der Waals surface area (Å²) >= 11 is 0. The van der Waals surface area contributed by atoms with Crippen LogP contribution in [0.4, 0.5) is 0 Å². The molecule has 5 heteroatoms. The highest BCUT2D eigenvalue weighted by molar-refractivity contribution is 7.87. The maximum Gasteiger partial charge on any atom is 0.270 e. The lowest BCUT2D eigenvalue weighted by atomic mass is 9.88. The van der Waals surface area contributed by atoms with Gasteiger partial charge in [-0.05, 0) is 70.6 Å². The van der Waals surface area contributed by atoms with Crippen molar-refractivity contribution in [3.05, 3.63) is 0 Å². The predicted molar refractivity (Wildman–Crippen MR) is 260 cm³/mol. The molecule has 0 amide bonds. The van der Waals surface area contributed by atoms with Crippen LogP contribution in [-0.2, 0) is 10.1 Å². The third-order valence-corrected chi connectivity index (χ3v) is 19.7. The maximum absolute atomic E-state index is 12.2. The minimum Gasteiger partial charge on any atom is -0.285 e. The van der Waals surface area contributed by atoms with Gasteiger partial charge in [-0.1, -0.05) is 228 Å². The summed E-state index contributed by atoms with van der Waals surface area (Å²) in [7, 11) is -4.68. The Morgan fingerprint density at radius 2 is 0.482 bits per heavy atom. The molecule has 0 aromatic heterocycles. The van der Waals surface area contributed by atoms with Gasteiger partial charge in [-0.3, -0.25) is 4.55 Å². The van der Waals surface area contributed by atoms with Crippen molar-refractivity contribution >= 4 is 17.4 Å². The van der Waals surface area contributed by atoms with Crippen LogP contribution in [0.1, 0.15) is 299 Å². The van der Waals surface area contributed by atoms with Crippen molar-refractivity contribution in [1.82, 2.24) is 0 Å². The molecule has 0 heterocycles. The van der Waals surface area contributed by atoms with E-state index in [9.17, 15) is 13.0 Å². The summed E-state index contributed by atoms with van der Waals surface area (Å²) in [5.74, 6) is 0. The van der Waals surface area contributed by atoms with Gasteiger partial charge in [0, 0.05) is 7.26 Å². The SMILES string of the molecule is CCCCCCC(CCCCCC)(CCCCCC)S(=O)(=O)O.CCCCCCCCCCCCCC[P+](CCCCCC)(CCCCCC)CCCCCC. The van der Waals surface area contributed by atoms with Crippen molar-refractivity contribution in [1.29, 1.82) is 0 Å². The minimum absolute atomic E-state index is 0.629. The summed E-state index contributed by atoms with van der Waals surface area (Å²) < 4.78 is 33.5. The summed E-state index contributed by atoms with van der Waals surface area (Å²) in [6, 6.07) is 0. The minimum atomic E-state index is -3.99. The van der Waals surface area contributed by atoms with Crippen molar-refractivity contribution < 1.29 is 13.0 Å². The van der Waals surface area contributed by atoms with Crippen LogP contribution in [0.2, 0.25) is 0 Å². The van der Waals surface area contributed by atoms with Gasteiger partial charge >= 0.3 is 0 Å². The molecule has 0 aliphatic heterocycles. The van der Waals surface area contributed by atoms with Gasteiger partial charge in [0.25, 0.3) is 10.1 Å². The summed E-state index contributed by atoms with van der Waals surface area (Å²) in [5, 5.41) is 0. The van der Waals surface area contributed by atoms with Gasteiger partial charge in [0.1, 0.15) is 0 Å². The van der Waals surface area contributed by atoms with Crippen LogP contribution >= 0.6 is 7.26 Å². The molecular weight excluding hydrogens is 724 g/mol. The third-order valence-electron chi connectivity index (χ3n) is 12.9. The van der Waals surface area contributed by atoms with Crippen LogP contribution in [0.3, 0.4) is 0 Å². The van der Waals surface area contributed by atoms with E-state index in [1.165, 1.54) is 128 Å². The molecule has 0 aromatic carbocycles. The Morgan fingerprint density at radius 3 is 0.696 bits per heavy atom. The lowest BCUT2D eigenvalue weighted by molar-refractivity contribution is 0.345. The van der Waals surface area contributed by atoms with Gasteiger partial charge in [-0.25, -0.2) is 0 Å². The fourth-order valence-corrected chi connectivity index (χ4v) is 15.1. The van der Waals surface area contributed by atoms with E-state index in [1.807, 2.05) is 0 Å². The summed E-state index contributed by atoms with van der Waals surface area (Å²) in [5.41, 5.74) is 0. The van der Waals surface area contributed by atoms with Gasteiger partial charge in [0.2, 0.25) is 0 Å². The molecule has 340 valence electrons. The summed E-state index contributed by atoms with van der Waals surface area (Å²) in [6.45, 7) is 15.9. The number of hydrogen-bond donors (Lipinski definition) is 1. The van der Waals surface area contributed by atoms with Crippen molar-refractivity contribution in [2.45, 2.75) is 304 Å². The average molecular weight is 832 g/mol. The zero-order chi connectivity index (χ0) is 41.9. The highest BCUT2D eigenvalue weighted by Crippen LogP contribution is 2.61. The van der Waals surface area contributed by atoms with Crippen molar-refractivity contribution in [2.75, 3.05) is 24.6 Å². The Balaban J connectivity index is 0. The number of hydrogen-bond acceptors (Lipinski definition) is 2. The van der Waals surface area contributed by atoms with E-state index in [0.29, 0.717) is 19.3 Å². The Kier molecular flexibility index (Phi) is 45.3. The van der Waals surface area contributed by atoms with Crippen LogP contribution in [-0.4, -0.2) is 42.4 Å². The van der Waals surface area contributed by atoms with E-state index in [4.69, 9.17) is 0 Å². The molecule has 0 aliphatic carbocycles. The zero-order valence-corrected chi connectivity index (χ0v) is 41.7. The number of rotatable bonds is 44. The molecule has 0 bridgehead atoms. The highest BCUT2D eigenvalue weighted by atomic mass is 32.2. The molecule has 0 aromatic rings. The Labute approximate surface area is 357 Å². The molecule has 0 atom stereocenters. The van der Waals surface area contributed by atoms with Crippen LogP contribution in [0.15, 0.2) is 0 Å². The molecule has 0 radical (unpaired) electrons. The second-order valence-corrected chi connectivity index (χ2v) is 24.7. The first-order valence-electron chi connectivity index (χ1n) is 26.0. The second-order valence-electron chi connectivity index (χ2n) is 18.4. The van der Waals surface area contributed by atoms with Gasteiger partial charge in [0.05, 0.1) is 29.4 Å². The standard InChI is InChI=1S/C32H68P.C19H40O3S/c1-5-9-13-17-18-19-20-21-22-23-24-28-32-33(29-25-14-10-6-2,30-26-15-11-7-3)31-27-16-12-8-4;1-4-7-10-13-16-19(23(20,21)22,17-14-11-8-5-2)18-15-12-9-6-3/h5-32H2,1-4H3;4-18H2,1-3H3,(H,20,21,22)/q+1;. The lowest BCUT2D eigenvalue weighted by Gasteiger charge is -2.31. The van der Waals surface area contributed by atoms with E-state index in [0.717, 1.165) is 77.0 Å². The molecule has 0 saturated carbocycles. The van der Waals surface area contributed by atoms with Crippen molar-refractivity contribution in [3.8, 4) is 0 Å². The molecule has 0 fully saturated rings. The molecule has 3 nitrogen and oxygen atoms in total. The van der Waals surface area contributed by atoms with Crippen molar-refractivity contribution in [3.63, 3.8) is 0 Å². The van der Waals surface area contributed by atoms with Gasteiger partial charge < -0.3 is 0 Å². The first kappa shape index (κ1) is 58.4. The smallest absolute Gasteiger partial charge is 0.270 e. The van der Waals surface area contributed by atoms with E-state index in [2.05, 4.69) is 48.5 Å². The lowest BCUT2D eigenvalue weighted by Crippen LogP contribution is -2.38. The van der Waals surface area contributed by atoms with Gasteiger partial charge in [-0.15, -0.1) is 0 Å². The van der Waals surface area contributed by atoms with Crippen LogP contribution in [0.25, 0.3) is 0 Å². The zero-order valence-electron chi connectivity index (χ0n) is 40.0. The summed E-state index contributed by atoms with van der Waals surface area (Å²) in [6.07, 6.45) is 56.8. The average Bonchev–Trinajstić information content (AvgIpc) is 3.18. The third kappa shape index (κ3) is 35.1. The molecule has 1 N–H and O–H groups in total. The molecule has 0 saturated heterocycles. The van der Waals surface area contributed by atoms with Gasteiger partial charge in [-0.2, -0.15) is 8.42 Å². The molecule has 0 spiro atoms. The quantitative estimate of drug-likeness (QED) is 0.0378. The largest absolute Gasteiger partial charge is 0.285 e. The molecule has 0 rings (SSSR count). The molecule has 0 unspecified atom stereocenters. The monoisotopic (exact) mass is 832 g/mol. The first-order valence-corrected chi connectivity index (χ1v) is 30.0. The van der Waals surface area contributed by atoms with E-state index in [-0.39, 0.29) is 0 Å². The van der Waals surface area contributed by atoms with Crippen LogP contribution in [0, 0.1) is 0 Å². The Morgan fingerprint density at radius 1 is 0.304 bits per heavy atom. The van der Waals surface area contributed by atoms with E-state index in [1.54, 1.807) is 50.3 Å². The normalized spacial score (nSPS) is 12.3. The molecular formula is C51H108O3PS+. The topological polar surface area (TPSA) is 54.4 Å². The predicted octanol–water partition coefficient (Wildman–Crippen LogP) is 19.0. The highest BCUT2D eigenvalue weighted by Gasteiger charge is 2.41. The van der Waals surface area contributed by atoms with Crippen LogP contribution in [0.5, 0.6) is 0 Å². The van der Waals surface area contributed by atoms with Crippen LogP contribution < -0.4 is 0 Å². The Bertz CT molecular complexity index is 797. The maximum atomic E-state index is 12.2. The van der Waals surface area contributed by atoms with E-state index >= 15 is 0 Å². The molecule has 0 aliphatic rings. The second kappa shape index (κ2) is 43.4. The van der Waals surface area contributed by atoms with E-state index < -0.39 is 22.1 Å². The molecule has 56 heavy (non-hydrogen) atoms. The van der Waals surface area contributed by atoms with Gasteiger partial charge in [0.15, 0.2) is 0 Å². The first-order chi connectivity index (χ1) is 27.2. The van der Waals surface area contributed by atoms with Crippen molar-refractivity contribution in [2.24, 2.45) is 0 Å². The summed E-state index contributed by atoms with van der Waals surface area (Å²) in [4.78, 5) is 0. The fraction of sp³-hybridized carbons (Fsp3) is 1.00. The Hall–Kier alpha value is 0.340. The fourth-order valence-electron chi connectivity index (χ4n) is 8.96.